The van der Waals surface area contributed by atoms with Gasteiger partial charge in [-0.2, -0.15) is 0 Å². The maximum absolute atomic E-state index is 13.0. The molecule has 422 valence electrons. The van der Waals surface area contributed by atoms with Crippen LogP contribution in [-0.2, 0) is 18.4 Å². The number of phosphoric acid groups is 1. The highest BCUT2D eigenvalue weighted by molar-refractivity contribution is 7.45. The first-order valence-corrected chi connectivity index (χ1v) is 32.7. The second kappa shape index (κ2) is 53.8. The highest BCUT2D eigenvalue weighted by Gasteiger charge is 2.23. The van der Waals surface area contributed by atoms with Gasteiger partial charge >= 0.3 is 0 Å². The fourth-order valence-electron chi connectivity index (χ4n) is 9.50. The van der Waals surface area contributed by atoms with Gasteiger partial charge in [-0.25, -0.2) is 0 Å². The van der Waals surface area contributed by atoms with Gasteiger partial charge in [-0.1, -0.05) is 289 Å². The number of unbranched alkanes of at least 4 members (excludes halogenated alkanes) is 43. The molecular formula is C62H123N2O6P. The molecule has 0 aliphatic rings. The lowest BCUT2D eigenvalue weighted by atomic mass is 10.0. The Morgan fingerprint density at radius 1 is 0.479 bits per heavy atom. The van der Waals surface area contributed by atoms with Crippen LogP contribution in [0.15, 0.2) is 24.3 Å². The third-order valence-electron chi connectivity index (χ3n) is 14.4. The normalized spacial score (nSPS) is 14.0. The Morgan fingerprint density at radius 3 is 1.10 bits per heavy atom. The van der Waals surface area contributed by atoms with E-state index in [1.807, 2.05) is 27.2 Å². The van der Waals surface area contributed by atoms with Crippen molar-refractivity contribution in [2.45, 2.75) is 328 Å². The zero-order chi connectivity index (χ0) is 52.0. The Hall–Kier alpha value is -1.02. The standard InChI is InChI=1S/C62H123N2O6P/c1-6-8-10-12-14-16-18-20-22-24-26-28-30-31-32-33-34-36-38-40-42-44-46-48-50-52-54-56-62(66)63-60(59-70-71(67,68)69-58-57-64(3,4)5)61(65)55-53-51-49-47-45-43-41-39-37-35-29-27-25-23-21-19-17-15-13-11-9-7-2/h31-32,53,55,60-61,65H,6-30,33-52,54,56-59H2,1-5H3,(H-,63,66,67,68)/b32-31-,55-53+. The van der Waals surface area contributed by atoms with Crippen molar-refractivity contribution in [2.24, 2.45) is 0 Å². The average Bonchev–Trinajstić information content (AvgIpc) is 3.33. The van der Waals surface area contributed by atoms with Gasteiger partial charge in [-0.3, -0.25) is 9.36 Å². The molecule has 0 radical (unpaired) electrons. The first kappa shape index (κ1) is 70.0. The van der Waals surface area contributed by atoms with Crippen LogP contribution in [0.25, 0.3) is 0 Å². The molecule has 0 fully saturated rings. The lowest BCUT2D eigenvalue weighted by molar-refractivity contribution is -0.870. The molecule has 0 spiro atoms. The molecule has 8 nitrogen and oxygen atoms in total. The number of phosphoric ester groups is 1. The van der Waals surface area contributed by atoms with E-state index in [1.165, 1.54) is 257 Å². The fraction of sp³-hybridized carbons (Fsp3) is 0.919. The third-order valence-corrected chi connectivity index (χ3v) is 15.4. The van der Waals surface area contributed by atoms with E-state index in [2.05, 4.69) is 31.3 Å². The van der Waals surface area contributed by atoms with Crippen LogP contribution in [0.3, 0.4) is 0 Å². The Morgan fingerprint density at radius 2 is 0.775 bits per heavy atom. The molecule has 2 N–H and O–H groups in total. The molecule has 0 aromatic heterocycles. The molecule has 1 amide bonds. The van der Waals surface area contributed by atoms with Crippen LogP contribution in [-0.4, -0.2) is 68.5 Å². The van der Waals surface area contributed by atoms with E-state index < -0.39 is 20.0 Å². The van der Waals surface area contributed by atoms with Crippen LogP contribution in [0.4, 0.5) is 0 Å². The maximum atomic E-state index is 13.0. The zero-order valence-corrected chi connectivity index (χ0v) is 49.1. The van der Waals surface area contributed by atoms with Crippen molar-refractivity contribution >= 4 is 13.7 Å². The van der Waals surface area contributed by atoms with E-state index in [4.69, 9.17) is 9.05 Å². The molecule has 0 aliphatic heterocycles. The van der Waals surface area contributed by atoms with Crippen LogP contribution in [0.2, 0.25) is 0 Å². The van der Waals surface area contributed by atoms with Gasteiger partial charge in [0.15, 0.2) is 0 Å². The summed E-state index contributed by atoms with van der Waals surface area (Å²) in [7, 11) is 1.27. The van der Waals surface area contributed by atoms with E-state index in [0.29, 0.717) is 17.4 Å². The summed E-state index contributed by atoms with van der Waals surface area (Å²) in [5, 5.41) is 13.9. The van der Waals surface area contributed by atoms with Crippen molar-refractivity contribution in [3.8, 4) is 0 Å². The second-order valence-corrected chi connectivity index (χ2v) is 24.2. The summed E-state index contributed by atoms with van der Waals surface area (Å²) in [6.07, 6.45) is 68.4. The molecule has 0 saturated heterocycles. The number of likely N-dealkylation sites (N-methyl/N-ethyl adjacent to an activating group) is 1. The summed E-state index contributed by atoms with van der Waals surface area (Å²) in [4.78, 5) is 25.5. The minimum absolute atomic E-state index is 0.000866. The summed E-state index contributed by atoms with van der Waals surface area (Å²) in [6, 6.07) is -0.886. The van der Waals surface area contributed by atoms with Crippen LogP contribution < -0.4 is 10.2 Å². The number of allylic oxidation sites excluding steroid dienone is 3. The summed E-state index contributed by atoms with van der Waals surface area (Å²) < 4.78 is 23.4. The van der Waals surface area contributed by atoms with Crippen molar-refractivity contribution < 1.29 is 32.9 Å². The average molecular weight is 1020 g/mol. The first-order valence-electron chi connectivity index (χ1n) is 31.2. The number of nitrogens with zero attached hydrogens (tertiary/aromatic N) is 1. The molecule has 3 unspecified atom stereocenters. The summed E-state index contributed by atoms with van der Waals surface area (Å²) >= 11 is 0. The van der Waals surface area contributed by atoms with E-state index >= 15 is 0 Å². The van der Waals surface area contributed by atoms with Crippen molar-refractivity contribution in [1.29, 1.82) is 0 Å². The molecule has 0 rings (SSSR count). The van der Waals surface area contributed by atoms with Gasteiger partial charge in [0.25, 0.3) is 7.82 Å². The van der Waals surface area contributed by atoms with E-state index in [-0.39, 0.29) is 19.1 Å². The van der Waals surface area contributed by atoms with Gasteiger partial charge in [0.05, 0.1) is 39.9 Å². The van der Waals surface area contributed by atoms with Gasteiger partial charge in [0, 0.05) is 6.42 Å². The number of carbonyl (C=O) groups is 1. The monoisotopic (exact) mass is 1020 g/mol. The Labute approximate surface area is 443 Å². The quantitative estimate of drug-likeness (QED) is 0.0272. The Balaban J connectivity index is 4.13. The largest absolute Gasteiger partial charge is 0.756 e. The zero-order valence-electron chi connectivity index (χ0n) is 48.2. The number of aliphatic hydroxyl groups excluding tert-OH is 1. The number of hydrogen-bond donors (Lipinski definition) is 2. The molecule has 0 aromatic carbocycles. The number of nitrogens with one attached hydrogen (secondary N) is 1. The predicted octanol–water partition coefficient (Wildman–Crippen LogP) is 18.5. The first-order chi connectivity index (χ1) is 34.5. The van der Waals surface area contributed by atoms with Crippen LogP contribution in [0.1, 0.15) is 316 Å². The second-order valence-electron chi connectivity index (χ2n) is 22.8. The molecule has 71 heavy (non-hydrogen) atoms. The van der Waals surface area contributed by atoms with E-state index in [9.17, 15) is 19.4 Å². The maximum Gasteiger partial charge on any atom is 0.268 e. The minimum atomic E-state index is -4.60. The molecule has 0 aromatic rings. The number of amides is 1. The number of hydrogen-bond acceptors (Lipinski definition) is 6. The topological polar surface area (TPSA) is 108 Å². The SMILES string of the molecule is CCCCCCCCCCCCCC/C=C\CCCCCCCCCCCCCC(=O)NC(COP(=O)([O-])OCC[N+](C)(C)C)C(O)/C=C/CCCCCCCCCCCCCCCCCCCCCC. The summed E-state index contributed by atoms with van der Waals surface area (Å²) in [5.74, 6) is -0.193. The molecule has 0 bridgehead atoms. The third kappa shape index (κ3) is 56.5. The molecule has 0 aliphatic carbocycles. The van der Waals surface area contributed by atoms with Gasteiger partial charge in [-0.15, -0.1) is 0 Å². The van der Waals surface area contributed by atoms with Crippen LogP contribution in [0.5, 0.6) is 0 Å². The Kier molecular flexibility index (Phi) is 53.0. The number of carbonyl (C=O) groups excluding carboxylic acids is 1. The number of quaternary nitrogens is 1. The highest BCUT2D eigenvalue weighted by Crippen LogP contribution is 2.38. The Bertz CT molecular complexity index is 1210. The highest BCUT2D eigenvalue weighted by atomic mass is 31.2. The molecule has 3 atom stereocenters. The predicted molar refractivity (Wildman–Crippen MR) is 307 cm³/mol. The van der Waals surface area contributed by atoms with Gasteiger partial charge < -0.3 is 28.8 Å². The molecule has 0 heterocycles. The molecule has 0 saturated carbocycles. The van der Waals surface area contributed by atoms with Crippen molar-refractivity contribution in [2.75, 3.05) is 40.9 Å². The van der Waals surface area contributed by atoms with Crippen molar-refractivity contribution in [3.05, 3.63) is 24.3 Å². The van der Waals surface area contributed by atoms with Gasteiger partial charge in [0.1, 0.15) is 13.2 Å². The van der Waals surface area contributed by atoms with Gasteiger partial charge in [0.2, 0.25) is 5.91 Å². The van der Waals surface area contributed by atoms with Crippen molar-refractivity contribution in [3.63, 3.8) is 0 Å². The summed E-state index contributed by atoms with van der Waals surface area (Å²) in [6.45, 7) is 4.70. The minimum Gasteiger partial charge on any atom is -0.756 e. The fourth-order valence-corrected chi connectivity index (χ4v) is 10.2. The lowest BCUT2D eigenvalue weighted by Crippen LogP contribution is -2.45. The summed E-state index contributed by atoms with van der Waals surface area (Å²) in [5.41, 5.74) is 0. The smallest absolute Gasteiger partial charge is 0.268 e. The lowest BCUT2D eigenvalue weighted by Gasteiger charge is -2.29. The van der Waals surface area contributed by atoms with E-state index in [1.54, 1.807) is 6.08 Å². The number of rotatable bonds is 58. The van der Waals surface area contributed by atoms with E-state index in [0.717, 1.165) is 38.5 Å². The van der Waals surface area contributed by atoms with Crippen molar-refractivity contribution in [1.82, 2.24) is 5.32 Å². The van der Waals surface area contributed by atoms with Crippen LogP contribution >= 0.6 is 7.82 Å². The molecule has 9 heteroatoms. The van der Waals surface area contributed by atoms with Gasteiger partial charge in [-0.05, 0) is 44.9 Å². The van der Waals surface area contributed by atoms with Crippen LogP contribution in [0, 0.1) is 0 Å². The number of aliphatic hydroxyl groups is 1. The molecular weight excluding hydrogens is 900 g/mol.